The molecule has 0 N–H and O–H groups in total. The van der Waals surface area contributed by atoms with Gasteiger partial charge in [0.05, 0.1) is 19.1 Å². The molecule has 0 saturated carbocycles. The Labute approximate surface area is 213 Å². The van der Waals surface area contributed by atoms with Crippen LogP contribution >= 0.6 is 0 Å². The zero-order valence-corrected chi connectivity index (χ0v) is 21.5. The second kappa shape index (κ2) is 11.2. The SMILES string of the molecule is COC(=O)C1(N(Cc2ccccc2)S(=O)(=O)c2ccc(OC)cc2)CCN(Cc2ccccc2)CC1. The summed E-state index contributed by atoms with van der Waals surface area (Å²) in [6.45, 7) is 1.92. The van der Waals surface area contributed by atoms with Gasteiger partial charge in [-0.2, -0.15) is 4.31 Å². The van der Waals surface area contributed by atoms with Crippen LogP contribution in [-0.2, 0) is 32.6 Å². The Morgan fingerprint density at radius 3 is 1.94 bits per heavy atom. The summed E-state index contributed by atoms with van der Waals surface area (Å²) in [6, 6.07) is 25.7. The predicted octanol–water partition coefficient (Wildman–Crippen LogP) is 4.09. The molecule has 0 spiro atoms. The van der Waals surface area contributed by atoms with E-state index in [2.05, 4.69) is 17.0 Å². The van der Waals surface area contributed by atoms with E-state index in [4.69, 9.17) is 9.47 Å². The number of benzene rings is 3. The second-order valence-corrected chi connectivity index (χ2v) is 10.8. The minimum atomic E-state index is -4.06. The van der Waals surface area contributed by atoms with Crippen LogP contribution in [0.1, 0.15) is 24.0 Å². The summed E-state index contributed by atoms with van der Waals surface area (Å²) in [6.07, 6.45) is 0.656. The van der Waals surface area contributed by atoms with Gasteiger partial charge in [0.15, 0.2) is 0 Å². The number of esters is 1. The smallest absolute Gasteiger partial charge is 0.327 e. The summed E-state index contributed by atoms with van der Waals surface area (Å²) in [5.74, 6) is 0.0235. The molecule has 3 aromatic carbocycles. The fourth-order valence-electron chi connectivity index (χ4n) is 4.76. The fourth-order valence-corrected chi connectivity index (χ4v) is 6.53. The first-order valence-electron chi connectivity index (χ1n) is 11.9. The summed E-state index contributed by atoms with van der Waals surface area (Å²) in [5, 5.41) is 0. The number of ether oxygens (including phenoxy) is 2. The highest BCUT2D eigenvalue weighted by Crippen LogP contribution is 2.37. The van der Waals surface area contributed by atoms with E-state index in [1.54, 1.807) is 12.1 Å². The van der Waals surface area contributed by atoms with E-state index < -0.39 is 21.5 Å². The molecule has 1 fully saturated rings. The summed E-state index contributed by atoms with van der Waals surface area (Å²) >= 11 is 0. The van der Waals surface area contributed by atoms with Crippen LogP contribution in [0.15, 0.2) is 89.8 Å². The fraction of sp³-hybridized carbons (Fsp3) is 0.321. The lowest BCUT2D eigenvalue weighted by Crippen LogP contribution is -2.61. The molecule has 0 unspecified atom stereocenters. The van der Waals surface area contributed by atoms with E-state index in [9.17, 15) is 13.2 Å². The molecule has 7 nitrogen and oxygen atoms in total. The lowest BCUT2D eigenvalue weighted by atomic mass is 9.86. The van der Waals surface area contributed by atoms with Crippen molar-refractivity contribution in [3.63, 3.8) is 0 Å². The van der Waals surface area contributed by atoms with Gasteiger partial charge in [-0.25, -0.2) is 8.42 Å². The van der Waals surface area contributed by atoms with Crippen molar-refractivity contribution in [2.24, 2.45) is 0 Å². The number of piperidine rings is 1. The van der Waals surface area contributed by atoms with E-state index in [0.717, 1.165) is 12.1 Å². The van der Waals surface area contributed by atoms with Crippen LogP contribution in [0.4, 0.5) is 0 Å². The molecular weight excluding hydrogens is 476 g/mol. The Kier molecular flexibility index (Phi) is 8.08. The molecule has 0 atom stereocenters. The molecule has 36 heavy (non-hydrogen) atoms. The van der Waals surface area contributed by atoms with Crippen molar-refractivity contribution in [1.82, 2.24) is 9.21 Å². The third-order valence-corrected chi connectivity index (χ3v) is 8.72. The third-order valence-electron chi connectivity index (χ3n) is 6.79. The highest BCUT2D eigenvalue weighted by atomic mass is 32.2. The maximum atomic E-state index is 14.1. The largest absolute Gasteiger partial charge is 0.497 e. The maximum Gasteiger partial charge on any atom is 0.327 e. The van der Waals surface area contributed by atoms with Gasteiger partial charge >= 0.3 is 5.97 Å². The number of methoxy groups -OCH3 is 2. The van der Waals surface area contributed by atoms with E-state index in [1.165, 1.54) is 36.2 Å². The number of nitrogens with zero attached hydrogens (tertiary/aromatic N) is 2. The molecule has 0 radical (unpaired) electrons. The van der Waals surface area contributed by atoms with Crippen LogP contribution in [-0.4, -0.2) is 56.4 Å². The van der Waals surface area contributed by atoms with Crippen molar-refractivity contribution in [2.45, 2.75) is 36.4 Å². The molecule has 190 valence electrons. The van der Waals surface area contributed by atoms with Crippen LogP contribution in [0.25, 0.3) is 0 Å². The van der Waals surface area contributed by atoms with Crippen LogP contribution in [0.2, 0.25) is 0 Å². The number of sulfonamides is 1. The van der Waals surface area contributed by atoms with Crippen molar-refractivity contribution < 1.29 is 22.7 Å². The number of carbonyl (C=O) groups is 1. The molecule has 0 aliphatic carbocycles. The first-order chi connectivity index (χ1) is 17.4. The summed E-state index contributed by atoms with van der Waals surface area (Å²) in [7, 11) is -1.21. The lowest BCUT2D eigenvalue weighted by Gasteiger charge is -2.45. The molecule has 0 aromatic heterocycles. The van der Waals surface area contributed by atoms with Gasteiger partial charge in [0.2, 0.25) is 10.0 Å². The quantitative estimate of drug-likeness (QED) is 0.405. The molecule has 4 rings (SSSR count). The van der Waals surface area contributed by atoms with Gasteiger partial charge in [-0.15, -0.1) is 0 Å². The van der Waals surface area contributed by atoms with Crippen LogP contribution < -0.4 is 4.74 Å². The zero-order chi connectivity index (χ0) is 25.6. The predicted molar refractivity (Wildman–Crippen MR) is 138 cm³/mol. The lowest BCUT2D eigenvalue weighted by molar-refractivity contribution is -0.155. The van der Waals surface area contributed by atoms with Gasteiger partial charge in [-0.1, -0.05) is 60.7 Å². The normalized spacial score (nSPS) is 16.0. The van der Waals surface area contributed by atoms with Crippen molar-refractivity contribution in [3.05, 3.63) is 96.1 Å². The number of rotatable bonds is 9. The topological polar surface area (TPSA) is 76.1 Å². The minimum absolute atomic E-state index is 0.0585. The van der Waals surface area contributed by atoms with E-state index in [-0.39, 0.29) is 11.4 Å². The van der Waals surface area contributed by atoms with Gasteiger partial charge < -0.3 is 9.47 Å². The van der Waals surface area contributed by atoms with Gasteiger partial charge in [-0.3, -0.25) is 9.69 Å². The Balaban J connectivity index is 1.70. The van der Waals surface area contributed by atoms with E-state index in [1.807, 2.05) is 48.5 Å². The molecule has 3 aromatic rings. The van der Waals surface area contributed by atoms with Crippen molar-refractivity contribution in [1.29, 1.82) is 0 Å². The molecule has 8 heteroatoms. The average Bonchev–Trinajstić information content (AvgIpc) is 2.93. The van der Waals surface area contributed by atoms with Gasteiger partial charge in [0.25, 0.3) is 0 Å². The van der Waals surface area contributed by atoms with Gasteiger partial charge in [-0.05, 0) is 48.2 Å². The Morgan fingerprint density at radius 1 is 0.861 bits per heavy atom. The molecular formula is C28H32N2O5S. The van der Waals surface area contributed by atoms with Gasteiger partial charge in [0, 0.05) is 26.2 Å². The summed E-state index contributed by atoms with van der Waals surface area (Å²) < 4.78 is 40.0. The highest BCUT2D eigenvalue weighted by Gasteiger charge is 2.52. The molecule has 1 heterocycles. The first-order valence-corrected chi connectivity index (χ1v) is 13.4. The van der Waals surface area contributed by atoms with Crippen molar-refractivity contribution in [3.8, 4) is 5.75 Å². The molecule has 1 aliphatic rings. The molecule has 0 bridgehead atoms. The first kappa shape index (κ1) is 25.9. The number of likely N-dealkylation sites (tertiary alicyclic amines) is 1. The van der Waals surface area contributed by atoms with Crippen LogP contribution in [0, 0.1) is 0 Å². The monoisotopic (exact) mass is 508 g/mol. The zero-order valence-electron chi connectivity index (χ0n) is 20.7. The second-order valence-electron chi connectivity index (χ2n) is 8.96. The maximum absolute atomic E-state index is 14.1. The average molecular weight is 509 g/mol. The molecule has 1 saturated heterocycles. The Bertz CT molecular complexity index is 1240. The number of carbonyl (C=O) groups excluding carboxylic acids is 1. The summed E-state index contributed by atoms with van der Waals surface area (Å²) in [4.78, 5) is 15.8. The van der Waals surface area contributed by atoms with E-state index >= 15 is 0 Å². The van der Waals surface area contributed by atoms with Crippen LogP contribution in [0.3, 0.4) is 0 Å². The van der Waals surface area contributed by atoms with Gasteiger partial charge in [0.1, 0.15) is 11.3 Å². The van der Waals surface area contributed by atoms with Crippen molar-refractivity contribution in [2.75, 3.05) is 27.3 Å². The Hall–Kier alpha value is -3.20. The third kappa shape index (κ3) is 5.46. The number of hydrogen-bond donors (Lipinski definition) is 0. The van der Waals surface area contributed by atoms with Crippen molar-refractivity contribution >= 4 is 16.0 Å². The molecule has 0 amide bonds. The standard InChI is InChI=1S/C28H32N2O5S/c1-34-25-13-15-26(16-14-25)36(32,33)30(22-24-11-7-4-8-12-24)28(27(31)35-2)17-19-29(20-18-28)21-23-9-5-3-6-10-23/h3-16H,17-22H2,1-2H3. The van der Waals surface area contributed by atoms with E-state index in [0.29, 0.717) is 31.7 Å². The Morgan fingerprint density at radius 2 is 1.42 bits per heavy atom. The number of hydrogen-bond acceptors (Lipinski definition) is 6. The summed E-state index contributed by atoms with van der Waals surface area (Å²) in [5.41, 5.74) is 0.649. The van der Waals surface area contributed by atoms with Crippen LogP contribution in [0.5, 0.6) is 5.75 Å². The highest BCUT2D eigenvalue weighted by molar-refractivity contribution is 7.89. The minimum Gasteiger partial charge on any atom is -0.497 e. The molecule has 1 aliphatic heterocycles.